The van der Waals surface area contributed by atoms with Gasteiger partial charge in [0.1, 0.15) is 11.6 Å². The first-order valence-electron chi connectivity index (χ1n) is 12.5. The van der Waals surface area contributed by atoms with Crippen LogP contribution in [-0.4, -0.2) is 28.6 Å². The molecule has 0 radical (unpaired) electrons. The number of fused-ring (bicyclic) bond motifs is 1. The Labute approximate surface area is 208 Å². The van der Waals surface area contributed by atoms with Crippen molar-refractivity contribution in [1.82, 2.24) is 14.9 Å². The first-order valence-corrected chi connectivity index (χ1v) is 12.5. The van der Waals surface area contributed by atoms with E-state index in [1.54, 1.807) is 0 Å². The highest BCUT2D eigenvalue weighted by atomic mass is 16.5. The van der Waals surface area contributed by atoms with Crippen LogP contribution in [-0.2, 0) is 13.0 Å². The summed E-state index contributed by atoms with van der Waals surface area (Å²) in [5, 5.41) is 3.04. The van der Waals surface area contributed by atoms with Gasteiger partial charge in [0.15, 0.2) is 0 Å². The zero-order valence-electron chi connectivity index (χ0n) is 21.0. The maximum atomic E-state index is 12.4. The SMILES string of the molecule is Cc1cccc(C(=O)NCCCc2nc3ccccc3n2CCCCOc2ccc(C)c(C)c2)c1. The number of aryl methyl sites for hydroxylation is 5. The molecule has 5 nitrogen and oxygen atoms in total. The molecule has 1 N–H and O–H groups in total. The second-order valence-electron chi connectivity index (χ2n) is 9.20. The van der Waals surface area contributed by atoms with E-state index in [0.29, 0.717) is 18.7 Å². The van der Waals surface area contributed by atoms with Crippen molar-refractivity contribution in [2.24, 2.45) is 0 Å². The third-order valence-electron chi connectivity index (χ3n) is 6.40. The molecule has 0 saturated carbocycles. The summed E-state index contributed by atoms with van der Waals surface area (Å²) in [5.74, 6) is 1.99. The van der Waals surface area contributed by atoms with E-state index in [9.17, 15) is 4.79 Å². The summed E-state index contributed by atoms with van der Waals surface area (Å²) in [5.41, 5.74) is 6.53. The molecular weight excluding hydrogens is 434 g/mol. The van der Waals surface area contributed by atoms with Gasteiger partial charge in [-0.1, -0.05) is 35.9 Å². The van der Waals surface area contributed by atoms with Crippen molar-refractivity contribution in [3.05, 3.63) is 94.8 Å². The molecular formula is C30H35N3O2. The molecule has 0 unspecified atom stereocenters. The van der Waals surface area contributed by atoms with Crippen molar-refractivity contribution >= 4 is 16.9 Å². The number of aromatic nitrogens is 2. The van der Waals surface area contributed by atoms with Gasteiger partial charge in [0, 0.05) is 25.1 Å². The standard InChI is InChI=1S/C30H35N3O2/c1-22-10-8-11-25(20-22)30(34)31-17-9-14-29-32-27-12-4-5-13-28(27)33(29)18-6-7-19-35-26-16-15-23(2)24(3)21-26/h4-5,8,10-13,15-16,20-21H,6-7,9,14,17-19H2,1-3H3,(H,31,34). The zero-order chi connectivity index (χ0) is 24.6. The summed E-state index contributed by atoms with van der Waals surface area (Å²) in [4.78, 5) is 17.3. The summed E-state index contributed by atoms with van der Waals surface area (Å²) in [6.45, 7) is 8.46. The Hall–Kier alpha value is -3.60. The molecule has 0 fully saturated rings. The molecule has 0 aliphatic rings. The van der Waals surface area contributed by atoms with Gasteiger partial charge in [-0.3, -0.25) is 4.79 Å². The lowest BCUT2D eigenvalue weighted by Gasteiger charge is -2.11. The van der Waals surface area contributed by atoms with Gasteiger partial charge in [0.2, 0.25) is 0 Å². The lowest BCUT2D eigenvalue weighted by Crippen LogP contribution is -2.25. The zero-order valence-corrected chi connectivity index (χ0v) is 21.0. The van der Waals surface area contributed by atoms with Gasteiger partial charge in [-0.05, 0) is 87.6 Å². The number of nitrogens with one attached hydrogen (secondary N) is 1. The minimum absolute atomic E-state index is 0.0222. The number of imidazole rings is 1. The second-order valence-corrected chi connectivity index (χ2v) is 9.20. The molecule has 0 saturated heterocycles. The molecule has 0 aliphatic heterocycles. The van der Waals surface area contributed by atoms with Crippen LogP contribution < -0.4 is 10.1 Å². The van der Waals surface area contributed by atoms with E-state index in [1.165, 1.54) is 16.6 Å². The normalized spacial score (nSPS) is 11.1. The first kappa shape index (κ1) is 24.5. The molecule has 35 heavy (non-hydrogen) atoms. The van der Waals surface area contributed by atoms with Crippen molar-refractivity contribution in [3.8, 4) is 5.75 Å². The number of ether oxygens (including phenoxy) is 1. The Morgan fingerprint density at radius 2 is 1.77 bits per heavy atom. The largest absolute Gasteiger partial charge is 0.494 e. The smallest absolute Gasteiger partial charge is 0.251 e. The van der Waals surface area contributed by atoms with Gasteiger partial charge in [0.05, 0.1) is 17.6 Å². The maximum Gasteiger partial charge on any atom is 0.251 e. The number of nitrogens with zero attached hydrogens (tertiary/aromatic N) is 2. The molecule has 1 aromatic heterocycles. The Balaban J connectivity index is 1.29. The van der Waals surface area contributed by atoms with Crippen LogP contribution in [0.2, 0.25) is 0 Å². The molecule has 0 aliphatic carbocycles. The number of carbonyl (C=O) groups is 1. The average Bonchev–Trinajstić information content (AvgIpc) is 3.21. The Kier molecular flexibility index (Phi) is 8.19. The number of carbonyl (C=O) groups excluding carboxylic acids is 1. The van der Waals surface area contributed by atoms with E-state index >= 15 is 0 Å². The van der Waals surface area contributed by atoms with Crippen molar-refractivity contribution in [1.29, 1.82) is 0 Å². The second kappa shape index (κ2) is 11.7. The number of unbranched alkanes of at least 4 members (excludes halogenated alkanes) is 1. The van der Waals surface area contributed by atoms with Gasteiger partial charge in [-0.15, -0.1) is 0 Å². The van der Waals surface area contributed by atoms with Crippen molar-refractivity contribution in [3.63, 3.8) is 0 Å². The lowest BCUT2D eigenvalue weighted by atomic mass is 10.1. The highest BCUT2D eigenvalue weighted by Gasteiger charge is 2.11. The number of amides is 1. The number of benzene rings is 3. The molecule has 3 aromatic carbocycles. The van der Waals surface area contributed by atoms with Gasteiger partial charge < -0.3 is 14.6 Å². The van der Waals surface area contributed by atoms with Crippen LogP contribution >= 0.6 is 0 Å². The van der Waals surface area contributed by atoms with E-state index in [-0.39, 0.29) is 5.91 Å². The van der Waals surface area contributed by atoms with Crippen LogP contribution in [0.1, 0.15) is 52.1 Å². The fraction of sp³-hybridized carbons (Fsp3) is 0.333. The minimum atomic E-state index is -0.0222. The van der Waals surface area contributed by atoms with E-state index < -0.39 is 0 Å². The van der Waals surface area contributed by atoms with Crippen molar-refractivity contribution < 1.29 is 9.53 Å². The van der Waals surface area contributed by atoms with E-state index in [0.717, 1.165) is 54.9 Å². The van der Waals surface area contributed by atoms with Gasteiger partial charge in [0.25, 0.3) is 5.91 Å². The highest BCUT2D eigenvalue weighted by Crippen LogP contribution is 2.19. The summed E-state index contributed by atoms with van der Waals surface area (Å²) >= 11 is 0. The highest BCUT2D eigenvalue weighted by molar-refractivity contribution is 5.94. The first-order chi connectivity index (χ1) is 17.0. The maximum absolute atomic E-state index is 12.4. The lowest BCUT2D eigenvalue weighted by molar-refractivity contribution is 0.0953. The number of rotatable bonds is 11. The van der Waals surface area contributed by atoms with Crippen LogP contribution in [0.3, 0.4) is 0 Å². The predicted octanol–water partition coefficient (Wildman–Crippen LogP) is 6.18. The molecule has 0 spiro atoms. The van der Waals surface area contributed by atoms with Crippen LogP contribution in [0.4, 0.5) is 0 Å². The molecule has 182 valence electrons. The van der Waals surface area contributed by atoms with Gasteiger partial charge in [-0.25, -0.2) is 4.98 Å². The number of hydrogen-bond donors (Lipinski definition) is 1. The third kappa shape index (κ3) is 6.50. The van der Waals surface area contributed by atoms with Crippen LogP contribution in [0.5, 0.6) is 5.75 Å². The molecule has 4 aromatic rings. The summed E-state index contributed by atoms with van der Waals surface area (Å²) in [6, 6.07) is 22.2. The molecule has 0 atom stereocenters. The topological polar surface area (TPSA) is 56.2 Å². The molecule has 4 rings (SSSR count). The van der Waals surface area contributed by atoms with Crippen LogP contribution in [0.15, 0.2) is 66.7 Å². The molecule has 5 heteroatoms. The Bertz CT molecular complexity index is 1290. The monoisotopic (exact) mass is 469 g/mol. The van der Waals surface area contributed by atoms with Crippen LogP contribution in [0, 0.1) is 20.8 Å². The van der Waals surface area contributed by atoms with E-state index in [2.05, 4.69) is 54.1 Å². The van der Waals surface area contributed by atoms with E-state index in [1.807, 2.05) is 43.3 Å². The average molecular weight is 470 g/mol. The van der Waals surface area contributed by atoms with Crippen molar-refractivity contribution in [2.75, 3.05) is 13.2 Å². The fourth-order valence-electron chi connectivity index (χ4n) is 4.27. The Morgan fingerprint density at radius 1 is 0.914 bits per heavy atom. The molecule has 0 bridgehead atoms. The number of para-hydroxylation sites is 2. The summed E-state index contributed by atoms with van der Waals surface area (Å²) in [6.07, 6.45) is 3.66. The van der Waals surface area contributed by atoms with Gasteiger partial charge >= 0.3 is 0 Å². The predicted molar refractivity (Wildman–Crippen MR) is 142 cm³/mol. The van der Waals surface area contributed by atoms with Gasteiger partial charge in [-0.2, -0.15) is 0 Å². The van der Waals surface area contributed by atoms with Crippen LogP contribution in [0.25, 0.3) is 11.0 Å². The van der Waals surface area contributed by atoms with Crippen molar-refractivity contribution in [2.45, 2.75) is 53.0 Å². The minimum Gasteiger partial charge on any atom is -0.494 e. The summed E-state index contributed by atoms with van der Waals surface area (Å²) < 4.78 is 8.29. The summed E-state index contributed by atoms with van der Waals surface area (Å²) in [7, 11) is 0. The number of hydrogen-bond acceptors (Lipinski definition) is 3. The third-order valence-corrected chi connectivity index (χ3v) is 6.40. The fourth-order valence-corrected chi connectivity index (χ4v) is 4.27. The quantitative estimate of drug-likeness (QED) is 0.267. The molecule has 1 amide bonds. The molecule has 1 heterocycles. The van der Waals surface area contributed by atoms with E-state index in [4.69, 9.17) is 9.72 Å². The Morgan fingerprint density at radius 3 is 2.60 bits per heavy atom.